The van der Waals surface area contributed by atoms with Gasteiger partial charge in [0, 0.05) is 35.1 Å². The van der Waals surface area contributed by atoms with Crippen LogP contribution in [0.2, 0.25) is 0 Å². The van der Waals surface area contributed by atoms with Gasteiger partial charge in [0.1, 0.15) is 0 Å². The average Bonchev–Trinajstić information content (AvgIpc) is 2.56. The van der Waals surface area contributed by atoms with Gasteiger partial charge in [0.25, 0.3) is 0 Å². The molecule has 1 aliphatic carbocycles. The summed E-state index contributed by atoms with van der Waals surface area (Å²) in [7, 11) is 0. The number of hydrogen-bond acceptors (Lipinski definition) is 0. The average molecular weight is 276 g/mol. The molecule has 0 aliphatic heterocycles. The first-order valence-corrected chi connectivity index (χ1v) is 7.11. The predicted octanol–water partition coefficient (Wildman–Crippen LogP) is 3.59. The molecule has 0 nitrogen and oxygen atoms in total. The first kappa shape index (κ1) is 13.7. The minimum Gasteiger partial charge on any atom is -0.0969 e. The summed E-state index contributed by atoms with van der Waals surface area (Å²) in [6, 6.07) is 15.8. The van der Waals surface area contributed by atoms with E-state index in [0.717, 1.165) is 35.1 Å². The highest BCUT2D eigenvalue weighted by Crippen LogP contribution is 2.07. The lowest BCUT2D eigenvalue weighted by molar-refractivity contribution is 1.12. The molecule has 0 radical (unpaired) electrons. The predicted molar refractivity (Wildman–Crippen MR) is 89.6 cm³/mol. The zero-order valence-electron chi connectivity index (χ0n) is 12.0. The van der Waals surface area contributed by atoms with Gasteiger partial charge < -0.3 is 0 Å². The van der Waals surface area contributed by atoms with E-state index < -0.39 is 0 Å². The van der Waals surface area contributed by atoms with Crippen LogP contribution in [0.5, 0.6) is 0 Å². The number of fused-ring (bicyclic) bond motifs is 2. The highest BCUT2D eigenvalue weighted by atomic mass is 14.0. The molecule has 2 aromatic rings. The summed E-state index contributed by atoms with van der Waals surface area (Å²) in [6.07, 6.45) is 1.51. The Kier molecular flexibility index (Phi) is 4.29. The van der Waals surface area contributed by atoms with Crippen molar-refractivity contribution in [3.05, 3.63) is 70.8 Å². The van der Waals surface area contributed by atoms with Crippen molar-refractivity contribution in [3.8, 4) is 47.4 Å². The Balaban J connectivity index is 2.07. The van der Waals surface area contributed by atoms with Crippen LogP contribution < -0.4 is 0 Å². The van der Waals surface area contributed by atoms with E-state index in [1.807, 2.05) is 48.5 Å². The fourth-order valence-corrected chi connectivity index (χ4v) is 2.04. The highest BCUT2D eigenvalue weighted by molar-refractivity contribution is 5.55. The molecule has 0 atom stereocenters. The molecule has 0 amide bonds. The third kappa shape index (κ3) is 3.41. The Hall–Kier alpha value is -3.32. The summed E-state index contributed by atoms with van der Waals surface area (Å²) in [4.78, 5) is 0. The normalized spacial score (nSPS) is 11.3. The SMILES string of the molecule is C1#Cc2ccccc2C#CCCC#Cc2ccccc2C#C1. The summed E-state index contributed by atoms with van der Waals surface area (Å²) in [5.74, 6) is 24.7. The van der Waals surface area contributed by atoms with E-state index in [1.54, 1.807) is 0 Å². The van der Waals surface area contributed by atoms with E-state index in [4.69, 9.17) is 0 Å². The molecule has 0 heteroatoms. The molecule has 0 aromatic heterocycles. The molecule has 0 saturated heterocycles. The van der Waals surface area contributed by atoms with Gasteiger partial charge in [-0.15, -0.1) is 0 Å². The Morgan fingerprint density at radius 1 is 0.500 bits per heavy atom. The van der Waals surface area contributed by atoms with Gasteiger partial charge in [0.15, 0.2) is 0 Å². The molecule has 0 spiro atoms. The summed E-state index contributed by atoms with van der Waals surface area (Å²) in [5.41, 5.74) is 3.73. The third-order valence-electron chi connectivity index (χ3n) is 3.13. The van der Waals surface area contributed by atoms with Crippen LogP contribution in [0.3, 0.4) is 0 Å². The first-order chi connectivity index (χ1) is 10.9. The van der Waals surface area contributed by atoms with Gasteiger partial charge in [0.2, 0.25) is 0 Å². The van der Waals surface area contributed by atoms with Crippen molar-refractivity contribution in [1.29, 1.82) is 0 Å². The Bertz CT molecular complexity index is 864. The topological polar surface area (TPSA) is 0 Å². The monoisotopic (exact) mass is 276 g/mol. The number of benzene rings is 2. The zero-order chi connectivity index (χ0) is 15.0. The fraction of sp³-hybridized carbons (Fsp3) is 0.0909. The molecule has 100 valence electrons. The van der Waals surface area contributed by atoms with E-state index in [1.165, 1.54) is 0 Å². The molecule has 0 N–H and O–H groups in total. The van der Waals surface area contributed by atoms with Crippen LogP contribution in [0, 0.1) is 47.4 Å². The second-order valence-electron chi connectivity index (χ2n) is 4.69. The van der Waals surface area contributed by atoms with Gasteiger partial charge in [-0.25, -0.2) is 0 Å². The zero-order valence-corrected chi connectivity index (χ0v) is 12.0. The van der Waals surface area contributed by atoms with Crippen LogP contribution in [0.4, 0.5) is 0 Å². The molecular weight excluding hydrogens is 264 g/mol. The van der Waals surface area contributed by atoms with Crippen molar-refractivity contribution >= 4 is 0 Å². The summed E-state index contributed by atoms with van der Waals surface area (Å²) in [6.45, 7) is 0. The van der Waals surface area contributed by atoms with Gasteiger partial charge >= 0.3 is 0 Å². The fourth-order valence-electron chi connectivity index (χ4n) is 2.04. The van der Waals surface area contributed by atoms with Gasteiger partial charge in [-0.1, -0.05) is 59.8 Å². The maximum absolute atomic E-state index is 3.17. The van der Waals surface area contributed by atoms with Crippen LogP contribution in [0.1, 0.15) is 35.1 Å². The smallest absolute Gasteiger partial charge is 0.0412 e. The standard InChI is InChI=1S/C22H12/c1-2-4-12-20-14-6-8-16-22(20)18-10-9-17-21-15-7-5-13-19(21)11-3-1/h5-8,13-16H,1-2H2. The quantitative estimate of drug-likeness (QED) is 0.645. The van der Waals surface area contributed by atoms with Crippen LogP contribution in [-0.4, -0.2) is 0 Å². The molecule has 1 aliphatic rings. The second kappa shape index (κ2) is 6.91. The molecule has 0 bridgehead atoms. The van der Waals surface area contributed by atoms with Crippen molar-refractivity contribution in [3.63, 3.8) is 0 Å². The largest absolute Gasteiger partial charge is 0.0969 e. The maximum atomic E-state index is 3.17. The maximum Gasteiger partial charge on any atom is 0.0412 e. The Morgan fingerprint density at radius 3 is 1.27 bits per heavy atom. The third-order valence-corrected chi connectivity index (χ3v) is 3.13. The highest BCUT2D eigenvalue weighted by Gasteiger charge is 1.95. The lowest BCUT2D eigenvalue weighted by Gasteiger charge is -1.95. The molecule has 2 aromatic carbocycles. The second-order valence-corrected chi connectivity index (χ2v) is 4.69. The van der Waals surface area contributed by atoms with Crippen LogP contribution in [0.15, 0.2) is 48.5 Å². The molecule has 0 saturated carbocycles. The molecule has 0 unspecified atom stereocenters. The minimum absolute atomic E-state index is 0.753. The lowest BCUT2D eigenvalue weighted by atomic mass is 10.1. The van der Waals surface area contributed by atoms with Crippen LogP contribution >= 0.6 is 0 Å². The van der Waals surface area contributed by atoms with Crippen molar-refractivity contribution in [2.45, 2.75) is 12.8 Å². The van der Waals surface area contributed by atoms with E-state index in [0.29, 0.717) is 0 Å². The van der Waals surface area contributed by atoms with Crippen molar-refractivity contribution in [2.24, 2.45) is 0 Å². The van der Waals surface area contributed by atoms with Gasteiger partial charge in [0.05, 0.1) is 0 Å². The van der Waals surface area contributed by atoms with E-state index in [-0.39, 0.29) is 0 Å². The van der Waals surface area contributed by atoms with Crippen LogP contribution in [0.25, 0.3) is 0 Å². The number of hydrogen-bond donors (Lipinski definition) is 0. The Morgan fingerprint density at radius 2 is 0.864 bits per heavy atom. The van der Waals surface area contributed by atoms with Crippen molar-refractivity contribution in [2.75, 3.05) is 0 Å². The molecule has 22 heavy (non-hydrogen) atoms. The molecule has 0 fully saturated rings. The van der Waals surface area contributed by atoms with E-state index in [9.17, 15) is 0 Å². The van der Waals surface area contributed by atoms with Gasteiger partial charge in [-0.05, 0) is 36.1 Å². The Labute approximate surface area is 131 Å². The molecular formula is C22H12. The lowest BCUT2D eigenvalue weighted by Crippen LogP contribution is -1.84. The summed E-state index contributed by atoms with van der Waals surface area (Å²) < 4.78 is 0. The number of rotatable bonds is 0. The summed E-state index contributed by atoms with van der Waals surface area (Å²) >= 11 is 0. The minimum atomic E-state index is 0.753. The first-order valence-electron chi connectivity index (χ1n) is 7.11. The van der Waals surface area contributed by atoms with E-state index in [2.05, 4.69) is 47.4 Å². The van der Waals surface area contributed by atoms with Crippen molar-refractivity contribution < 1.29 is 0 Å². The van der Waals surface area contributed by atoms with E-state index >= 15 is 0 Å². The van der Waals surface area contributed by atoms with Crippen molar-refractivity contribution in [1.82, 2.24) is 0 Å². The molecule has 3 rings (SSSR count). The molecule has 0 heterocycles. The van der Waals surface area contributed by atoms with Crippen LogP contribution in [-0.2, 0) is 0 Å². The van der Waals surface area contributed by atoms with Gasteiger partial charge in [-0.2, -0.15) is 0 Å². The van der Waals surface area contributed by atoms with Gasteiger partial charge in [-0.3, -0.25) is 0 Å². The summed E-state index contributed by atoms with van der Waals surface area (Å²) in [5, 5.41) is 0.